The number of carbonyl (C=O) groups excluding carboxylic acids is 4. The Balaban J connectivity index is 1.62. The lowest BCUT2D eigenvalue weighted by atomic mass is 10.0. The predicted molar refractivity (Wildman–Crippen MR) is 127 cm³/mol. The van der Waals surface area contributed by atoms with Crippen LogP contribution in [0.3, 0.4) is 0 Å². The summed E-state index contributed by atoms with van der Waals surface area (Å²) in [5, 5.41) is 16.1. The highest BCUT2D eigenvalue weighted by Crippen LogP contribution is 2.09. The van der Waals surface area contributed by atoms with Crippen molar-refractivity contribution in [2.75, 3.05) is 6.54 Å². The maximum Gasteiger partial charge on any atom is 0.289 e. The number of hydrogen-bond acceptors (Lipinski definition) is 6. The molecule has 1 aromatic heterocycles. The van der Waals surface area contributed by atoms with Gasteiger partial charge in [-0.3, -0.25) is 24.2 Å². The number of nitriles is 1. The van der Waals surface area contributed by atoms with Gasteiger partial charge in [0.1, 0.15) is 17.9 Å². The number of benzene rings is 2. The molecule has 0 saturated heterocycles. The highest BCUT2D eigenvalue weighted by Gasteiger charge is 2.27. The fourth-order valence-corrected chi connectivity index (χ4v) is 3.23. The van der Waals surface area contributed by atoms with E-state index in [9.17, 15) is 23.6 Å². The fourth-order valence-electron chi connectivity index (χ4n) is 3.23. The van der Waals surface area contributed by atoms with E-state index in [-0.39, 0.29) is 24.1 Å². The molecule has 1 heterocycles. The molecule has 3 aromatic rings. The molecule has 1 atom stereocenters. The van der Waals surface area contributed by atoms with Gasteiger partial charge in [-0.15, -0.1) is 0 Å². The number of aromatic nitrogens is 1. The van der Waals surface area contributed by atoms with Crippen LogP contribution in [0.15, 0.2) is 72.9 Å². The van der Waals surface area contributed by atoms with Crippen molar-refractivity contribution in [2.24, 2.45) is 0 Å². The molecule has 182 valence electrons. The highest BCUT2D eigenvalue weighted by molar-refractivity contribution is 6.38. The molecule has 3 N–H and O–H groups in total. The highest BCUT2D eigenvalue weighted by atomic mass is 19.1. The minimum absolute atomic E-state index is 0.0363. The average Bonchev–Trinajstić information content (AvgIpc) is 2.90. The quantitative estimate of drug-likeness (QED) is 0.370. The molecule has 0 radical (unpaired) electrons. The van der Waals surface area contributed by atoms with Gasteiger partial charge < -0.3 is 16.0 Å². The zero-order valence-electron chi connectivity index (χ0n) is 19.0. The SMILES string of the molecule is N#Cc1ccc(C(=O)NCC(=O)N[C@H](Cc2ccccc2)C(=O)C(=O)NCc2ccccn2)cc1F. The lowest BCUT2D eigenvalue weighted by Gasteiger charge is -2.18. The van der Waals surface area contributed by atoms with E-state index in [1.807, 2.05) is 0 Å². The number of nitrogens with zero attached hydrogens (tertiary/aromatic N) is 2. The van der Waals surface area contributed by atoms with Crippen molar-refractivity contribution in [3.05, 3.63) is 101 Å². The van der Waals surface area contributed by atoms with Gasteiger partial charge in [-0.2, -0.15) is 5.26 Å². The molecule has 36 heavy (non-hydrogen) atoms. The van der Waals surface area contributed by atoms with Crippen LogP contribution < -0.4 is 16.0 Å². The Morgan fingerprint density at radius 2 is 1.72 bits per heavy atom. The van der Waals surface area contributed by atoms with E-state index >= 15 is 0 Å². The molecule has 0 unspecified atom stereocenters. The molecule has 0 aliphatic rings. The summed E-state index contributed by atoms with van der Waals surface area (Å²) in [6.45, 7) is -0.483. The van der Waals surface area contributed by atoms with Crippen LogP contribution in [0.2, 0.25) is 0 Å². The van der Waals surface area contributed by atoms with Gasteiger partial charge in [0.15, 0.2) is 0 Å². The Kier molecular flexibility index (Phi) is 8.94. The van der Waals surface area contributed by atoms with Crippen molar-refractivity contribution in [3.63, 3.8) is 0 Å². The van der Waals surface area contributed by atoms with E-state index in [1.54, 1.807) is 60.8 Å². The molecule has 0 bridgehead atoms. The maximum absolute atomic E-state index is 13.8. The normalized spacial score (nSPS) is 11.0. The van der Waals surface area contributed by atoms with Gasteiger partial charge in [0.25, 0.3) is 11.8 Å². The Morgan fingerprint density at radius 3 is 2.39 bits per heavy atom. The van der Waals surface area contributed by atoms with Crippen LogP contribution in [0.1, 0.15) is 27.2 Å². The number of halogens is 1. The Hall–Kier alpha value is -4.91. The van der Waals surface area contributed by atoms with E-state index < -0.39 is 41.9 Å². The van der Waals surface area contributed by atoms with E-state index in [1.165, 1.54) is 6.07 Å². The van der Waals surface area contributed by atoms with E-state index in [0.29, 0.717) is 11.3 Å². The van der Waals surface area contributed by atoms with Crippen LogP contribution in [0.4, 0.5) is 4.39 Å². The molecule has 0 aliphatic heterocycles. The van der Waals surface area contributed by atoms with Crippen molar-refractivity contribution >= 4 is 23.5 Å². The number of carbonyl (C=O) groups is 4. The third kappa shape index (κ3) is 7.30. The summed E-state index contributed by atoms with van der Waals surface area (Å²) in [7, 11) is 0. The second-order valence-electron chi connectivity index (χ2n) is 7.67. The van der Waals surface area contributed by atoms with Crippen molar-refractivity contribution in [2.45, 2.75) is 19.0 Å². The molecule has 9 nitrogen and oxygen atoms in total. The van der Waals surface area contributed by atoms with Gasteiger partial charge >= 0.3 is 0 Å². The first-order valence-electron chi connectivity index (χ1n) is 10.9. The monoisotopic (exact) mass is 487 g/mol. The second-order valence-corrected chi connectivity index (χ2v) is 7.67. The van der Waals surface area contributed by atoms with Crippen LogP contribution in [0, 0.1) is 17.1 Å². The predicted octanol–water partition coefficient (Wildman–Crippen LogP) is 1.44. The minimum atomic E-state index is -1.19. The standard InChI is InChI=1S/C26H22FN5O4/c27-21-13-18(9-10-19(21)14-28)25(35)31-16-23(33)32-22(12-17-6-2-1-3-7-17)24(34)26(36)30-15-20-8-4-5-11-29-20/h1-11,13,22H,12,15-16H2,(H,30,36)(H,31,35)(H,32,33)/t22-/m1/s1. The topological polar surface area (TPSA) is 141 Å². The zero-order chi connectivity index (χ0) is 25.9. The maximum atomic E-state index is 13.8. The summed E-state index contributed by atoms with van der Waals surface area (Å²) >= 11 is 0. The largest absolute Gasteiger partial charge is 0.344 e. The summed E-state index contributed by atoms with van der Waals surface area (Å²) in [5.74, 6) is -4.07. The molecule has 3 rings (SSSR count). The number of ketones is 1. The van der Waals surface area contributed by atoms with Crippen LogP contribution in [-0.4, -0.2) is 41.1 Å². The summed E-state index contributed by atoms with van der Waals surface area (Å²) in [5.41, 5.74) is 0.980. The lowest BCUT2D eigenvalue weighted by molar-refractivity contribution is -0.140. The summed E-state index contributed by atoms with van der Waals surface area (Å²) in [6, 6.07) is 17.7. The van der Waals surface area contributed by atoms with Gasteiger partial charge in [-0.05, 0) is 35.9 Å². The number of pyridine rings is 1. The van der Waals surface area contributed by atoms with Crippen molar-refractivity contribution in [1.82, 2.24) is 20.9 Å². The number of amides is 3. The first-order valence-corrected chi connectivity index (χ1v) is 10.9. The zero-order valence-corrected chi connectivity index (χ0v) is 19.0. The molecule has 0 aliphatic carbocycles. The Bertz CT molecular complexity index is 1290. The second kappa shape index (κ2) is 12.5. The molecule has 0 saturated carbocycles. The smallest absolute Gasteiger partial charge is 0.289 e. The molecule has 10 heteroatoms. The number of Topliss-reactive ketones (excluding diaryl/α,β-unsaturated/α-hetero) is 1. The summed E-state index contributed by atoms with van der Waals surface area (Å²) in [6.07, 6.45) is 1.61. The van der Waals surface area contributed by atoms with E-state index in [0.717, 1.165) is 12.1 Å². The van der Waals surface area contributed by atoms with Crippen LogP contribution in [0.5, 0.6) is 0 Å². The van der Waals surface area contributed by atoms with E-state index in [2.05, 4.69) is 20.9 Å². The van der Waals surface area contributed by atoms with Gasteiger partial charge in [0, 0.05) is 18.2 Å². The number of rotatable bonds is 10. The summed E-state index contributed by atoms with van der Waals surface area (Å²) in [4.78, 5) is 54.2. The first-order chi connectivity index (χ1) is 17.4. The molecular formula is C26H22FN5O4. The Labute approximate surface area is 206 Å². The molecule has 2 aromatic carbocycles. The average molecular weight is 487 g/mol. The molecule has 3 amide bonds. The van der Waals surface area contributed by atoms with Gasteiger partial charge in [-0.1, -0.05) is 36.4 Å². The van der Waals surface area contributed by atoms with Gasteiger partial charge in [-0.25, -0.2) is 4.39 Å². The van der Waals surface area contributed by atoms with Crippen molar-refractivity contribution < 1.29 is 23.6 Å². The third-order valence-corrected chi connectivity index (χ3v) is 5.08. The molecular weight excluding hydrogens is 465 g/mol. The molecule has 0 spiro atoms. The third-order valence-electron chi connectivity index (χ3n) is 5.08. The lowest BCUT2D eigenvalue weighted by Crippen LogP contribution is -2.50. The van der Waals surface area contributed by atoms with Crippen molar-refractivity contribution in [3.8, 4) is 6.07 Å². The van der Waals surface area contributed by atoms with Gasteiger partial charge in [0.2, 0.25) is 11.7 Å². The Morgan fingerprint density at radius 1 is 0.972 bits per heavy atom. The fraction of sp³-hybridized carbons (Fsp3) is 0.154. The van der Waals surface area contributed by atoms with Gasteiger partial charge in [0.05, 0.1) is 24.3 Å². The number of hydrogen-bond donors (Lipinski definition) is 3. The molecule has 0 fully saturated rings. The van der Waals surface area contributed by atoms with Crippen LogP contribution in [-0.2, 0) is 27.3 Å². The number of nitrogens with one attached hydrogen (secondary N) is 3. The van der Waals surface area contributed by atoms with Crippen LogP contribution >= 0.6 is 0 Å². The minimum Gasteiger partial charge on any atom is -0.344 e. The van der Waals surface area contributed by atoms with Crippen LogP contribution in [0.25, 0.3) is 0 Å². The van der Waals surface area contributed by atoms with E-state index in [4.69, 9.17) is 5.26 Å². The summed E-state index contributed by atoms with van der Waals surface area (Å²) < 4.78 is 13.8. The first kappa shape index (κ1) is 25.7. The van der Waals surface area contributed by atoms with Crippen molar-refractivity contribution in [1.29, 1.82) is 5.26 Å².